The van der Waals surface area contributed by atoms with E-state index in [-0.39, 0.29) is 0 Å². The van der Waals surface area contributed by atoms with Crippen LogP contribution in [0.25, 0.3) is 0 Å². The largest absolute Gasteiger partial charge is 0.456 e. The highest BCUT2D eigenvalue weighted by molar-refractivity contribution is 5.83. The number of rotatable bonds is 3. The van der Waals surface area contributed by atoms with Crippen molar-refractivity contribution in [3.8, 4) is 0 Å². The van der Waals surface area contributed by atoms with E-state index in [9.17, 15) is 20.1 Å². The Labute approximate surface area is 115 Å². The number of cyclic esters (lactones) is 1. The minimum absolute atomic E-state index is 0.494. The second-order valence-corrected chi connectivity index (χ2v) is 4.80. The van der Waals surface area contributed by atoms with Crippen LogP contribution in [0.15, 0.2) is 12.2 Å². The first kappa shape index (κ1) is 15.4. The van der Waals surface area contributed by atoms with Gasteiger partial charge in [-0.1, -0.05) is 0 Å². The van der Waals surface area contributed by atoms with Crippen LogP contribution in [0.3, 0.4) is 0 Å². The standard InChI is InChI=1S/C12H18O8/c1-5-6(2-3-8(14)18-5)19-12-11(17)10(16)9(15)7(4-13)20-12/h2-3,5-7,9-13,15-17H,4H2,1H3/t5-,6-,7+,9+,10-,11+,12+/m0/s1. The van der Waals surface area contributed by atoms with Crippen LogP contribution in [0.5, 0.6) is 0 Å². The van der Waals surface area contributed by atoms with Gasteiger partial charge in [0.1, 0.15) is 36.6 Å². The zero-order valence-corrected chi connectivity index (χ0v) is 10.8. The van der Waals surface area contributed by atoms with E-state index in [1.165, 1.54) is 12.2 Å². The maximum atomic E-state index is 11.0. The Morgan fingerprint density at radius 2 is 1.95 bits per heavy atom. The van der Waals surface area contributed by atoms with Crippen molar-refractivity contribution >= 4 is 5.97 Å². The minimum atomic E-state index is -1.50. The molecule has 114 valence electrons. The monoisotopic (exact) mass is 290 g/mol. The molecular weight excluding hydrogens is 272 g/mol. The number of hydrogen-bond donors (Lipinski definition) is 4. The molecule has 2 aliphatic rings. The minimum Gasteiger partial charge on any atom is -0.456 e. The van der Waals surface area contributed by atoms with Crippen molar-refractivity contribution in [3.05, 3.63) is 12.2 Å². The van der Waals surface area contributed by atoms with Gasteiger partial charge >= 0.3 is 5.97 Å². The molecule has 8 nitrogen and oxygen atoms in total. The van der Waals surface area contributed by atoms with Gasteiger partial charge in [0.2, 0.25) is 0 Å². The fraction of sp³-hybridized carbons (Fsp3) is 0.750. The molecule has 0 radical (unpaired) electrons. The van der Waals surface area contributed by atoms with Gasteiger partial charge in [-0.2, -0.15) is 0 Å². The molecule has 2 aliphatic heterocycles. The topological polar surface area (TPSA) is 126 Å². The van der Waals surface area contributed by atoms with Crippen LogP contribution < -0.4 is 0 Å². The highest BCUT2D eigenvalue weighted by atomic mass is 16.7. The average Bonchev–Trinajstić information content (AvgIpc) is 2.42. The quantitative estimate of drug-likeness (QED) is 0.427. The molecule has 8 heteroatoms. The molecule has 2 rings (SSSR count). The van der Waals surface area contributed by atoms with Crippen molar-refractivity contribution in [1.82, 2.24) is 0 Å². The van der Waals surface area contributed by atoms with E-state index >= 15 is 0 Å². The Balaban J connectivity index is 2.04. The zero-order valence-electron chi connectivity index (χ0n) is 10.8. The van der Waals surface area contributed by atoms with E-state index in [4.69, 9.17) is 19.3 Å². The van der Waals surface area contributed by atoms with E-state index in [1.54, 1.807) is 6.92 Å². The van der Waals surface area contributed by atoms with Gasteiger partial charge in [-0.05, 0) is 13.0 Å². The van der Waals surface area contributed by atoms with Gasteiger partial charge in [-0.15, -0.1) is 0 Å². The molecule has 0 amide bonds. The van der Waals surface area contributed by atoms with Gasteiger partial charge in [0.05, 0.1) is 6.61 Å². The molecule has 4 N–H and O–H groups in total. The molecule has 7 atom stereocenters. The molecule has 0 unspecified atom stereocenters. The summed E-state index contributed by atoms with van der Waals surface area (Å²) in [5, 5.41) is 38.1. The van der Waals surface area contributed by atoms with Crippen molar-refractivity contribution in [3.63, 3.8) is 0 Å². The number of carbonyl (C=O) groups excluding carboxylic acids is 1. The maximum absolute atomic E-state index is 11.0. The summed E-state index contributed by atoms with van der Waals surface area (Å²) in [4.78, 5) is 11.0. The normalized spacial score (nSPS) is 45.2. The fourth-order valence-corrected chi connectivity index (χ4v) is 2.11. The Bertz CT molecular complexity index is 382. The summed E-state index contributed by atoms with van der Waals surface area (Å²) in [7, 11) is 0. The first-order chi connectivity index (χ1) is 9.43. The molecule has 1 fully saturated rings. The molecule has 0 aliphatic carbocycles. The summed E-state index contributed by atoms with van der Waals surface area (Å²) < 4.78 is 15.6. The summed E-state index contributed by atoms with van der Waals surface area (Å²) in [6, 6.07) is 0. The third-order valence-electron chi connectivity index (χ3n) is 3.33. The van der Waals surface area contributed by atoms with Gasteiger partial charge < -0.3 is 34.6 Å². The van der Waals surface area contributed by atoms with Crippen molar-refractivity contribution in [2.24, 2.45) is 0 Å². The van der Waals surface area contributed by atoms with Gasteiger partial charge in [0.15, 0.2) is 6.29 Å². The lowest BCUT2D eigenvalue weighted by molar-refractivity contribution is -0.312. The Morgan fingerprint density at radius 3 is 2.55 bits per heavy atom. The average molecular weight is 290 g/mol. The first-order valence-electron chi connectivity index (χ1n) is 6.29. The van der Waals surface area contributed by atoms with E-state index < -0.39 is 55.5 Å². The highest BCUT2D eigenvalue weighted by Gasteiger charge is 2.45. The van der Waals surface area contributed by atoms with Gasteiger partial charge in [0, 0.05) is 6.08 Å². The Morgan fingerprint density at radius 1 is 1.25 bits per heavy atom. The van der Waals surface area contributed by atoms with Crippen LogP contribution in [-0.4, -0.2) is 75.9 Å². The van der Waals surface area contributed by atoms with Crippen LogP contribution in [0.2, 0.25) is 0 Å². The molecule has 0 aromatic heterocycles. The predicted octanol–water partition coefficient (Wildman–Crippen LogP) is -2.33. The lowest BCUT2D eigenvalue weighted by Gasteiger charge is -2.41. The number of esters is 1. The van der Waals surface area contributed by atoms with Crippen LogP contribution >= 0.6 is 0 Å². The SMILES string of the molecule is C[C@@H]1OC(=O)C=C[C@@H]1O[C@@H]1O[C@H](CO)[C@@H](O)[C@H](O)[C@H]1O. The van der Waals surface area contributed by atoms with Crippen molar-refractivity contribution in [1.29, 1.82) is 0 Å². The molecule has 1 saturated heterocycles. The molecule has 0 saturated carbocycles. The number of aliphatic hydroxyl groups is 4. The van der Waals surface area contributed by atoms with Crippen molar-refractivity contribution < 1.29 is 39.4 Å². The summed E-state index contributed by atoms with van der Waals surface area (Å²) in [6.45, 7) is 1.08. The first-order valence-corrected chi connectivity index (χ1v) is 6.29. The zero-order chi connectivity index (χ0) is 14.9. The van der Waals surface area contributed by atoms with Crippen molar-refractivity contribution in [2.45, 2.75) is 49.8 Å². The van der Waals surface area contributed by atoms with E-state index in [1.807, 2.05) is 0 Å². The third kappa shape index (κ3) is 3.00. The lowest BCUT2D eigenvalue weighted by Crippen LogP contribution is -2.60. The highest BCUT2D eigenvalue weighted by Crippen LogP contribution is 2.25. The van der Waals surface area contributed by atoms with Gasteiger partial charge in [-0.25, -0.2) is 4.79 Å². The van der Waals surface area contributed by atoms with E-state index in [0.29, 0.717) is 0 Å². The van der Waals surface area contributed by atoms with Gasteiger partial charge in [0.25, 0.3) is 0 Å². The molecule has 0 bridgehead atoms. The predicted molar refractivity (Wildman–Crippen MR) is 63.3 cm³/mol. The van der Waals surface area contributed by atoms with Crippen LogP contribution in [0.1, 0.15) is 6.92 Å². The Hall–Kier alpha value is -1.03. The summed E-state index contributed by atoms with van der Waals surface area (Å²) in [5.74, 6) is -0.494. The van der Waals surface area contributed by atoms with Crippen molar-refractivity contribution in [2.75, 3.05) is 6.61 Å². The summed E-state index contributed by atoms with van der Waals surface area (Å²) in [6.07, 6.45) is -5.31. The molecule has 0 aromatic rings. The number of carbonyl (C=O) groups is 1. The van der Waals surface area contributed by atoms with Gasteiger partial charge in [-0.3, -0.25) is 0 Å². The maximum Gasteiger partial charge on any atom is 0.330 e. The lowest BCUT2D eigenvalue weighted by atomic mass is 9.99. The van der Waals surface area contributed by atoms with E-state index in [2.05, 4.69) is 0 Å². The smallest absolute Gasteiger partial charge is 0.330 e. The van der Waals surface area contributed by atoms with Crippen LogP contribution in [-0.2, 0) is 19.0 Å². The summed E-state index contributed by atoms with van der Waals surface area (Å²) in [5.41, 5.74) is 0. The van der Waals surface area contributed by atoms with Crippen LogP contribution in [0.4, 0.5) is 0 Å². The number of ether oxygens (including phenoxy) is 3. The fourth-order valence-electron chi connectivity index (χ4n) is 2.11. The Kier molecular flexibility index (Phi) is 4.74. The molecule has 20 heavy (non-hydrogen) atoms. The van der Waals surface area contributed by atoms with E-state index in [0.717, 1.165) is 0 Å². The molecule has 0 spiro atoms. The molecular formula is C12H18O8. The second-order valence-electron chi connectivity index (χ2n) is 4.80. The number of aliphatic hydroxyl groups excluding tert-OH is 4. The second kappa shape index (κ2) is 6.17. The third-order valence-corrected chi connectivity index (χ3v) is 3.33. The van der Waals surface area contributed by atoms with Crippen LogP contribution in [0, 0.1) is 0 Å². The summed E-state index contributed by atoms with van der Waals surface area (Å²) >= 11 is 0. The number of hydrogen-bond acceptors (Lipinski definition) is 8. The molecule has 0 aromatic carbocycles. The molecule has 2 heterocycles.